The Bertz CT molecular complexity index is 638. The van der Waals surface area contributed by atoms with Crippen molar-refractivity contribution < 1.29 is 14.3 Å². The number of allylic oxidation sites excluding steroid dienone is 1. The van der Waals surface area contributed by atoms with Crippen LogP contribution in [0.25, 0.3) is 0 Å². The van der Waals surface area contributed by atoms with Gasteiger partial charge in [0.1, 0.15) is 0 Å². The highest BCUT2D eigenvalue weighted by molar-refractivity contribution is 9.10. The number of urea groups is 1. The van der Waals surface area contributed by atoms with Crippen LogP contribution in [0.15, 0.2) is 40.0 Å². The molecule has 1 N–H and O–H groups in total. The van der Waals surface area contributed by atoms with Crippen molar-refractivity contribution in [1.82, 2.24) is 10.2 Å². The maximum Gasteiger partial charge on any atom is 0.338 e. The summed E-state index contributed by atoms with van der Waals surface area (Å²) >= 11 is 3.39. The van der Waals surface area contributed by atoms with Crippen molar-refractivity contribution >= 4 is 27.9 Å². The van der Waals surface area contributed by atoms with Crippen LogP contribution in [0.5, 0.6) is 0 Å². The molecule has 23 heavy (non-hydrogen) atoms. The molecule has 0 unspecified atom stereocenters. The lowest BCUT2D eigenvalue weighted by molar-refractivity contribution is -0.139. The molecule has 1 aliphatic rings. The summed E-state index contributed by atoms with van der Waals surface area (Å²) in [4.78, 5) is 26.5. The van der Waals surface area contributed by atoms with Gasteiger partial charge in [0.05, 0.1) is 18.2 Å². The van der Waals surface area contributed by atoms with Crippen LogP contribution in [0.4, 0.5) is 4.79 Å². The molecule has 0 radical (unpaired) electrons. The Morgan fingerprint density at radius 1 is 1.35 bits per heavy atom. The quantitative estimate of drug-likeness (QED) is 0.808. The van der Waals surface area contributed by atoms with E-state index in [0.29, 0.717) is 11.3 Å². The smallest absolute Gasteiger partial charge is 0.338 e. The molecule has 1 aromatic rings. The average molecular weight is 381 g/mol. The van der Waals surface area contributed by atoms with Crippen LogP contribution >= 0.6 is 15.9 Å². The zero-order valence-corrected chi connectivity index (χ0v) is 15.3. The second-order valence-corrected chi connectivity index (χ2v) is 6.53. The molecular formula is C17H21BrN2O3. The molecule has 0 spiro atoms. The molecule has 5 nitrogen and oxygen atoms in total. The molecule has 0 aliphatic carbocycles. The van der Waals surface area contributed by atoms with Crippen LogP contribution in [-0.4, -0.2) is 29.5 Å². The molecule has 2 rings (SSSR count). The minimum atomic E-state index is -0.510. The molecule has 1 heterocycles. The number of amides is 2. The van der Waals surface area contributed by atoms with E-state index in [9.17, 15) is 9.59 Å². The summed E-state index contributed by atoms with van der Waals surface area (Å²) in [6.07, 6.45) is 0. The van der Waals surface area contributed by atoms with Crippen LogP contribution in [0.1, 0.15) is 39.3 Å². The summed E-state index contributed by atoms with van der Waals surface area (Å²) in [7, 11) is 0. The predicted molar refractivity (Wildman–Crippen MR) is 91.7 cm³/mol. The highest BCUT2D eigenvalue weighted by Gasteiger charge is 2.37. The maximum absolute atomic E-state index is 12.5. The molecule has 0 fully saturated rings. The molecule has 1 aromatic carbocycles. The van der Waals surface area contributed by atoms with Crippen LogP contribution in [0, 0.1) is 0 Å². The summed E-state index contributed by atoms with van der Waals surface area (Å²) in [5.74, 6) is -0.399. The second kappa shape index (κ2) is 7.17. The fourth-order valence-electron chi connectivity index (χ4n) is 2.76. The number of esters is 1. The number of hydrogen-bond acceptors (Lipinski definition) is 3. The van der Waals surface area contributed by atoms with Gasteiger partial charge in [-0.15, -0.1) is 0 Å². The normalized spacial score (nSPS) is 18.3. The minimum absolute atomic E-state index is 0.0507. The molecule has 0 saturated heterocycles. The molecule has 1 aliphatic heterocycles. The van der Waals surface area contributed by atoms with Gasteiger partial charge in [-0.25, -0.2) is 9.59 Å². The Labute approximate surface area is 144 Å². The van der Waals surface area contributed by atoms with Gasteiger partial charge in [-0.3, -0.25) is 4.90 Å². The third-order valence-corrected chi connectivity index (χ3v) is 4.27. The van der Waals surface area contributed by atoms with E-state index >= 15 is 0 Å². The van der Waals surface area contributed by atoms with E-state index < -0.39 is 12.0 Å². The maximum atomic E-state index is 12.5. The number of nitrogens with one attached hydrogen (secondary N) is 1. The highest BCUT2D eigenvalue weighted by atomic mass is 79.9. The van der Waals surface area contributed by atoms with Gasteiger partial charge in [0.15, 0.2) is 0 Å². The molecule has 0 aromatic heterocycles. The van der Waals surface area contributed by atoms with Gasteiger partial charge in [0, 0.05) is 16.2 Å². The Balaban J connectivity index is 2.53. The molecule has 0 bridgehead atoms. The SMILES string of the molecule is CCOC(=O)C1=C(C)N(C(C)C)C(=O)N[C@H]1c1ccc(Br)cc1. The number of halogens is 1. The Morgan fingerprint density at radius 2 is 1.96 bits per heavy atom. The predicted octanol–water partition coefficient (Wildman–Crippen LogP) is 3.76. The highest BCUT2D eigenvalue weighted by Crippen LogP contribution is 2.32. The first-order chi connectivity index (χ1) is 10.9. The van der Waals surface area contributed by atoms with E-state index in [0.717, 1.165) is 10.0 Å². The number of ether oxygens (including phenoxy) is 1. The lowest BCUT2D eigenvalue weighted by Gasteiger charge is -2.37. The second-order valence-electron chi connectivity index (χ2n) is 5.62. The summed E-state index contributed by atoms with van der Waals surface area (Å²) in [6, 6.07) is 6.76. The van der Waals surface area contributed by atoms with E-state index in [-0.39, 0.29) is 18.7 Å². The van der Waals surface area contributed by atoms with E-state index in [2.05, 4.69) is 21.2 Å². The van der Waals surface area contributed by atoms with Gasteiger partial charge in [0.25, 0.3) is 0 Å². The van der Waals surface area contributed by atoms with Crippen LogP contribution in [-0.2, 0) is 9.53 Å². The molecule has 2 amide bonds. The van der Waals surface area contributed by atoms with Gasteiger partial charge in [-0.1, -0.05) is 28.1 Å². The largest absolute Gasteiger partial charge is 0.463 e. The van der Waals surface area contributed by atoms with E-state index in [1.807, 2.05) is 38.1 Å². The molecule has 1 atom stereocenters. The molecule has 6 heteroatoms. The zero-order valence-electron chi connectivity index (χ0n) is 13.7. The number of carbonyl (C=O) groups is 2. The first kappa shape index (κ1) is 17.5. The van der Waals surface area contributed by atoms with Gasteiger partial charge >= 0.3 is 12.0 Å². The first-order valence-corrected chi connectivity index (χ1v) is 8.39. The lowest BCUT2D eigenvalue weighted by Crippen LogP contribution is -2.50. The number of hydrogen-bond donors (Lipinski definition) is 1. The molecular weight excluding hydrogens is 360 g/mol. The lowest BCUT2D eigenvalue weighted by atomic mass is 9.94. The Kier molecular flexibility index (Phi) is 5.46. The van der Waals surface area contributed by atoms with Crippen LogP contribution in [0.2, 0.25) is 0 Å². The number of benzene rings is 1. The van der Waals surface area contributed by atoms with Crippen molar-refractivity contribution in [2.24, 2.45) is 0 Å². The minimum Gasteiger partial charge on any atom is -0.463 e. The molecule has 0 saturated carbocycles. The summed E-state index contributed by atoms with van der Waals surface area (Å²) in [5.41, 5.74) is 1.95. The fraction of sp³-hybridized carbons (Fsp3) is 0.412. The van der Waals surface area contributed by atoms with E-state index in [1.165, 1.54) is 0 Å². The topological polar surface area (TPSA) is 58.6 Å². The third kappa shape index (κ3) is 3.58. The van der Waals surface area contributed by atoms with Crippen molar-refractivity contribution in [3.8, 4) is 0 Å². The van der Waals surface area contributed by atoms with Gasteiger partial charge in [-0.05, 0) is 45.4 Å². The monoisotopic (exact) mass is 380 g/mol. The van der Waals surface area contributed by atoms with Gasteiger partial charge in [0.2, 0.25) is 0 Å². The zero-order chi connectivity index (χ0) is 17.1. The average Bonchev–Trinajstić information content (AvgIpc) is 2.47. The third-order valence-electron chi connectivity index (χ3n) is 3.74. The van der Waals surface area contributed by atoms with E-state index in [4.69, 9.17) is 4.74 Å². The first-order valence-electron chi connectivity index (χ1n) is 7.59. The summed E-state index contributed by atoms with van der Waals surface area (Å²) < 4.78 is 6.14. The van der Waals surface area contributed by atoms with Gasteiger partial charge in [-0.2, -0.15) is 0 Å². The van der Waals surface area contributed by atoms with Crippen molar-refractivity contribution in [2.75, 3.05) is 6.61 Å². The van der Waals surface area contributed by atoms with E-state index in [1.54, 1.807) is 18.7 Å². The number of rotatable bonds is 4. The van der Waals surface area contributed by atoms with Gasteiger partial charge < -0.3 is 10.1 Å². The Hall–Kier alpha value is -1.82. The van der Waals surface area contributed by atoms with Crippen molar-refractivity contribution in [1.29, 1.82) is 0 Å². The number of nitrogens with zero attached hydrogens (tertiary/aromatic N) is 1. The fourth-order valence-corrected chi connectivity index (χ4v) is 3.02. The van der Waals surface area contributed by atoms with Crippen molar-refractivity contribution in [2.45, 2.75) is 39.8 Å². The van der Waals surface area contributed by atoms with Crippen LogP contribution in [0.3, 0.4) is 0 Å². The standard InChI is InChI=1S/C17H21BrN2O3/c1-5-23-16(21)14-11(4)20(10(2)3)17(22)19-15(14)12-6-8-13(18)9-7-12/h6-10,15H,5H2,1-4H3,(H,19,22)/t15-/m0/s1. The van der Waals surface area contributed by atoms with Crippen LogP contribution < -0.4 is 5.32 Å². The summed E-state index contributed by atoms with van der Waals surface area (Å²) in [6.45, 7) is 7.66. The molecule has 124 valence electrons. The Morgan fingerprint density at radius 3 is 2.48 bits per heavy atom. The number of carbonyl (C=O) groups excluding carboxylic acids is 2. The van der Waals surface area contributed by atoms with Crippen molar-refractivity contribution in [3.05, 3.63) is 45.6 Å². The summed E-state index contributed by atoms with van der Waals surface area (Å²) in [5, 5.41) is 2.92. The van der Waals surface area contributed by atoms with Crippen molar-refractivity contribution in [3.63, 3.8) is 0 Å².